The van der Waals surface area contributed by atoms with Gasteiger partial charge >= 0.3 is 5.97 Å². The fourth-order valence-corrected chi connectivity index (χ4v) is 2.23. The maximum Gasteiger partial charge on any atom is 0.324 e. The Bertz CT molecular complexity index is 286. The summed E-state index contributed by atoms with van der Waals surface area (Å²) in [6.07, 6.45) is 5.08. The van der Waals surface area contributed by atoms with Gasteiger partial charge in [-0.15, -0.1) is 0 Å². The van der Waals surface area contributed by atoms with Crippen LogP contribution in [-0.2, 0) is 9.53 Å². The van der Waals surface area contributed by atoms with Crippen LogP contribution in [0.4, 0.5) is 0 Å². The van der Waals surface area contributed by atoms with Crippen LogP contribution in [0.2, 0.25) is 0 Å². The number of rotatable bonds is 8. The Morgan fingerprint density at radius 1 is 1.33 bits per heavy atom. The lowest BCUT2D eigenvalue weighted by Crippen LogP contribution is -2.49. The lowest BCUT2D eigenvalue weighted by Gasteiger charge is -2.30. The van der Waals surface area contributed by atoms with E-state index in [9.17, 15) is 4.79 Å². The fourth-order valence-electron chi connectivity index (χ4n) is 2.23. The van der Waals surface area contributed by atoms with Gasteiger partial charge < -0.3 is 10.1 Å². The molecule has 0 amide bonds. The molecule has 1 atom stereocenters. The zero-order chi connectivity index (χ0) is 13.1. The van der Waals surface area contributed by atoms with Crippen molar-refractivity contribution in [1.82, 2.24) is 10.2 Å². The molecule has 0 aliphatic heterocycles. The Morgan fingerprint density at radius 3 is 2.44 bits per heavy atom. The summed E-state index contributed by atoms with van der Waals surface area (Å²) in [5, 5.41) is 3.40. The van der Waals surface area contributed by atoms with Crippen LogP contribution >= 0.6 is 0 Å². The minimum atomic E-state index is -0.163. The van der Waals surface area contributed by atoms with Crippen LogP contribution in [0.25, 0.3) is 0 Å². The quantitative estimate of drug-likeness (QED) is 0.665. The molecule has 2 saturated carbocycles. The van der Waals surface area contributed by atoms with Gasteiger partial charge in [-0.05, 0) is 45.4 Å². The van der Waals surface area contributed by atoms with Crippen molar-refractivity contribution in [3.05, 3.63) is 0 Å². The van der Waals surface area contributed by atoms with Crippen molar-refractivity contribution in [3.8, 4) is 0 Å². The summed E-state index contributed by atoms with van der Waals surface area (Å²) in [5.41, 5.74) is 0. The van der Waals surface area contributed by atoms with Gasteiger partial charge in [0, 0.05) is 25.2 Å². The van der Waals surface area contributed by atoms with Crippen LogP contribution in [0.5, 0.6) is 0 Å². The first-order valence-electron chi connectivity index (χ1n) is 7.18. The second-order valence-electron chi connectivity index (χ2n) is 6.01. The molecular weight excluding hydrogens is 228 g/mol. The van der Waals surface area contributed by atoms with Crippen molar-refractivity contribution in [3.63, 3.8) is 0 Å². The van der Waals surface area contributed by atoms with Gasteiger partial charge in [0.05, 0.1) is 7.11 Å². The third-order valence-corrected chi connectivity index (χ3v) is 3.84. The lowest BCUT2D eigenvalue weighted by atomic mass is 10.2. The zero-order valence-electron chi connectivity index (χ0n) is 11.8. The van der Waals surface area contributed by atoms with Crippen LogP contribution < -0.4 is 5.32 Å². The van der Waals surface area contributed by atoms with E-state index in [0.717, 1.165) is 19.0 Å². The number of ether oxygens (including phenoxy) is 1. The highest BCUT2D eigenvalue weighted by Crippen LogP contribution is 2.30. The van der Waals surface area contributed by atoms with E-state index in [0.29, 0.717) is 12.1 Å². The predicted molar refractivity (Wildman–Crippen MR) is 71.4 cm³/mol. The van der Waals surface area contributed by atoms with Crippen LogP contribution in [0, 0.1) is 5.92 Å². The Kier molecular flexibility index (Phi) is 4.62. The van der Waals surface area contributed by atoms with Gasteiger partial charge in [-0.3, -0.25) is 9.69 Å². The average Bonchev–Trinajstić information content (AvgIpc) is 3.20. The molecule has 1 N–H and O–H groups in total. The maximum absolute atomic E-state index is 11.8. The predicted octanol–water partition coefficient (Wildman–Crippen LogP) is 1.40. The summed E-state index contributed by atoms with van der Waals surface area (Å²) in [4.78, 5) is 14.2. The Labute approximate surface area is 110 Å². The number of methoxy groups -OCH3 is 1. The van der Waals surface area contributed by atoms with Gasteiger partial charge in [-0.2, -0.15) is 0 Å². The number of carbonyl (C=O) groups is 1. The van der Waals surface area contributed by atoms with Crippen molar-refractivity contribution < 1.29 is 9.53 Å². The molecule has 1 unspecified atom stereocenters. The highest BCUT2D eigenvalue weighted by atomic mass is 16.5. The van der Waals surface area contributed by atoms with Gasteiger partial charge in [-0.25, -0.2) is 0 Å². The van der Waals surface area contributed by atoms with Gasteiger partial charge in [0.1, 0.15) is 6.04 Å². The van der Waals surface area contributed by atoms with Gasteiger partial charge in [0.25, 0.3) is 0 Å². The van der Waals surface area contributed by atoms with E-state index in [1.165, 1.54) is 32.8 Å². The largest absolute Gasteiger partial charge is 0.468 e. The summed E-state index contributed by atoms with van der Waals surface area (Å²) < 4.78 is 4.91. The van der Waals surface area contributed by atoms with Crippen molar-refractivity contribution in [1.29, 1.82) is 0 Å². The molecule has 2 aliphatic carbocycles. The van der Waals surface area contributed by atoms with Crippen molar-refractivity contribution in [2.45, 2.75) is 57.7 Å². The monoisotopic (exact) mass is 254 g/mol. The van der Waals surface area contributed by atoms with Gasteiger partial charge in [0.2, 0.25) is 0 Å². The third-order valence-electron chi connectivity index (χ3n) is 3.84. The van der Waals surface area contributed by atoms with E-state index in [1.807, 2.05) is 0 Å². The van der Waals surface area contributed by atoms with E-state index in [1.54, 1.807) is 0 Å². The first kappa shape index (κ1) is 13.8. The molecule has 18 heavy (non-hydrogen) atoms. The number of nitrogens with one attached hydrogen (secondary N) is 1. The van der Waals surface area contributed by atoms with Crippen molar-refractivity contribution >= 4 is 5.97 Å². The molecule has 0 heterocycles. The normalized spacial score (nSPS) is 21.4. The van der Waals surface area contributed by atoms with Crippen LogP contribution in [0.3, 0.4) is 0 Å². The van der Waals surface area contributed by atoms with E-state index < -0.39 is 0 Å². The molecule has 0 saturated heterocycles. The first-order chi connectivity index (χ1) is 8.60. The molecular formula is C14H26N2O2. The standard InChI is InChI=1S/C14H26N2O2/c1-10(2)16(8-11-4-5-11)9-13(14(17)18-3)15-12-6-7-12/h10-13,15H,4-9H2,1-3H3. The fraction of sp³-hybridized carbons (Fsp3) is 0.929. The highest BCUT2D eigenvalue weighted by molar-refractivity contribution is 5.76. The first-order valence-corrected chi connectivity index (χ1v) is 7.18. The number of nitrogens with zero attached hydrogens (tertiary/aromatic N) is 1. The summed E-state index contributed by atoms with van der Waals surface area (Å²) in [5.74, 6) is 0.731. The van der Waals surface area contributed by atoms with Gasteiger partial charge in [-0.1, -0.05) is 0 Å². The summed E-state index contributed by atoms with van der Waals surface area (Å²) >= 11 is 0. The molecule has 0 spiro atoms. The van der Waals surface area contributed by atoms with Crippen LogP contribution in [0.15, 0.2) is 0 Å². The number of esters is 1. The molecule has 0 aromatic heterocycles. The molecule has 2 rings (SSSR count). The minimum Gasteiger partial charge on any atom is -0.468 e. The highest BCUT2D eigenvalue weighted by Gasteiger charge is 2.32. The number of hydrogen-bond acceptors (Lipinski definition) is 4. The molecule has 0 bridgehead atoms. The Hall–Kier alpha value is -0.610. The van der Waals surface area contributed by atoms with E-state index in [4.69, 9.17) is 4.74 Å². The van der Waals surface area contributed by atoms with Crippen molar-refractivity contribution in [2.75, 3.05) is 20.2 Å². The summed E-state index contributed by atoms with van der Waals surface area (Å²) in [6.45, 7) is 6.30. The SMILES string of the molecule is COC(=O)C(CN(CC1CC1)C(C)C)NC1CC1. The lowest BCUT2D eigenvalue weighted by molar-refractivity contribution is -0.143. The van der Waals surface area contributed by atoms with Crippen LogP contribution in [0.1, 0.15) is 39.5 Å². The second-order valence-corrected chi connectivity index (χ2v) is 6.01. The molecule has 2 fully saturated rings. The smallest absolute Gasteiger partial charge is 0.324 e. The molecule has 4 heteroatoms. The molecule has 4 nitrogen and oxygen atoms in total. The molecule has 0 aromatic carbocycles. The molecule has 104 valence electrons. The number of carbonyl (C=O) groups excluding carboxylic acids is 1. The van der Waals surface area contributed by atoms with Gasteiger partial charge in [0.15, 0.2) is 0 Å². The molecule has 2 aliphatic rings. The topological polar surface area (TPSA) is 41.6 Å². The summed E-state index contributed by atoms with van der Waals surface area (Å²) in [7, 11) is 1.48. The Balaban J connectivity index is 1.88. The molecule has 0 aromatic rings. The third kappa shape index (κ3) is 4.25. The van der Waals surface area contributed by atoms with E-state index in [2.05, 4.69) is 24.1 Å². The van der Waals surface area contributed by atoms with Crippen molar-refractivity contribution in [2.24, 2.45) is 5.92 Å². The second kappa shape index (κ2) is 6.02. The summed E-state index contributed by atoms with van der Waals surface area (Å²) in [6, 6.07) is 0.853. The van der Waals surface area contributed by atoms with E-state index in [-0.39, 0.29) is 12.0 Å². The Morgan fingerprint density at radius 2 is 2.00 bits per heavy atom. The molecule has 0 radical (unpaired) electrons. The number of hydrogen-bond donors (Lipinski definition) is 1. The zero-order valence-corrected chi connectivity index (χ0v) is 11.8. The van der Waals surface area contributed by atoms with Crippen LogP contribution in [-0.4, -0.2) is 49.2 Å². The minimum absolute atomic E-state index is 0.122. The van der Waals surface area contributed by atoms with E-state index >= 15 is 0 Å². The average molecular weight is 254 g/mol. The maximum atomic E-state index is 11.8.